The molecule has 1 fully saturated rings. The van der Waals surface area contributed by atoms with Gasteiger partial charge in [0, 0.05) is 11.6 Å². The third-order valence-electron chi connectivity index (χ3n) is 3.03. The van der Waals surface area contributed by atoms with Gasteiger partial charge >= 0.3 is 0 Å². The summed E-state index contributed by atoms with van der Waals surface area (Å²) in [4.78, 5) is 9.07. The first kappa shape index (κ1) is 10.9. The van der Waals surface area contributed by atoms with Crippen LogP contribution in [0.15, 0.2) is 6.07 Å². The maximum Gasteiger partial charge on any atom is 0.131 e. The highest BCUT2D eigenvalue weighted by Gasteiger charge is 2.18. The van der Waals surface area contributed by atoms with E-state index in [0.29, 0.717) is 11.8 Å². The van der Waals surface area contributed by atoms with Crippen molar-refractivity contribution in [1.29, 1.82) is 0 Å². The van der Waals surface area contributed by atoms with E-state index in [4.69, 9.17) is 11.6 Å². The number of hydrogen-bond donors (Lipinski definition) is 0. The summed E-state index contributed by atoms with van der Waals surface area (Å²) in [6, 6.07) is 1.97. The Bertz CT molecular complexity index is 332. The molecule has 1 aromatic rings. The Kier molecular flexibility index (Phi) is 3.57. The molecule has 1 aromatic heterocycles. The molecule has 0 aromatic carbocycles. The fraction of sp³-hybridized carbons (Fsp3) is 0.667. The van der Waals surface area contributed by atoms with Crippen LogP contribution in [0.5, 0.6) is 0 Å². The summed E-state index contributed by atoms with van der Waals surface area (Å²) in [5, 5.41) is 0. The van der Waals surface area contributed by atoms with Gasteiger partial charge in [0.2, 0.25) is 0 Å². The summed E-state index contributed by atoms with van der Waals surface area (Å²) in [5.74, 6) is 2.08. The molecule has 0 amide bonds. The summed E-state index contributed by atoms with van der Waals surface area (Å²) < 4.78 is 0. The Morgan fingerprint density at radius 2 is 2.00 bits per heavy atom. The van der Waals surface area contributed by atoms with Crippen molar-refractivity contribution in [2.75, 3.05) is 0 Å². The number of aryl methyl sites for hydroxylation is 1. The Labute approximate surface area is 96.1 Å². The van der Waals surface area contributed by atoms with E-state index in [0.717, 1.165) is 17.2 Å². The van der Waals surface area contributed by atoms with Crippen LogP contribution in [0.4, 0.5) is 0 Å². The van der Waals surface area contributed by atoms with Crippen LogP contribution in [0.1, 0.15) is 55.2 Å². The summed E-state index contributed by atoms with van der Waals surface area (Å²) in [7, 11) is 0. The summed E-state index contributed by atoms with van der Waals surface area (Å²) >= 11 is 5.82. The van der Waals surface area contributed by atoms with Crippen molar-refractivity contribution in [2.45, 2.75) is 50.8 Å². The van der Waals surface area contributed by atoms with Gasteiger partial charge in [0.25, 0.3) is 0 Å². The number of nitrogens with zero attached hydrogens (tertiary/aromatic N) is 2. The maximum absolute atomic E-state index is 5.82. The molecule has 1 aliphatic carbocycles. The predicted molar refractivity (Wildman–Crippen MR) is 62.2 cm³/mol. The lowest BCUT2D eigenvalue weighted by molar-refractivity contribution is 0.427. The highest BCUT2D eigenvalue weighted by molar-refractivity contribution is 6.16. The zero-order valence-electron chi connectivity index (χ0n) is 9.17. The molecule has 2 nitrogen and oxygen atoms in total. The SMILES string of the molecule is Cc1cc(CCl)nc(C2CCCCC2)n1. The van der Waals surface area contributed by atoms with Crippen molar-refractivity contribution in [1.82, 2.24) is 9.97 Å². The molecular weight excluding hydrogens is 208 g/mol. The minimum atomic E-state index is 0.489. The molecule has 0 radical (unpaired) electrons. The van der Waals surface area contributed by atoms with Gasteiger partial charge in [-0.2, -0.15) is 0 Å². The number of alkyl halides is 1. The monoisotopic (exact) mass is 224 g/mol. The Balaban J connectivity index is 2.22. The topological polar surface area (TPSA) is 25.8 Å². The minimum absolute atomic E-state index is 0.489. The van der Waals surface area contributed by atoms with Crippen molar-refractivity contribution in [2.24, 2.45) is 0 Å². The molecule has 0 bridgehead atoms. The average Bonchev–Trinajstić information content (AvgIpc) is 2.29. The van der Waals surface area contributed by atoms with E-state index >= 15 is 0 Å². The second kappa shape index (κ2) is 4.93. The van der Waals surface area contributed by atoms with Crippen LogP contribution < -0.4 is 0 Å². The molecule has 0 aliphatic heterocycles. The van der Waals surface area contributed by atoms with Crippen molar-refractivity contribution < 1.29 is 0 Å². The van der Waals surface area contributed by atoms with Crippen LogP contribution in [0.3, 0.4) is 0 Å². The molecule has 1 heterocycles. The Hall–Kier alpha value is -0.630. The lowest BCUT2D eigenvalue weighted by Crippen LogP contribution is -2.10. The molecule has 0 atom stereocenters. The summed E-state index contributed by atoms with van der Waals surface area (Å²) in [6.07, 6.45) is 6.48. The lowest BCUT2D eigenvalue weighted by atomic mass is 9.88. The average molecular weight is 225 g/mol. The van der Waals surface area contributed by atoms with E-state index in [9.17, 15) is 0 Å². The molecule has 2 rings (SSSR count). The molecule has 0 spiro atoms. The first-order chi connectivity index (χ1) is 7.29. The lowest BCUT2D eigenvalue weighted by Gasteiger charge is -2.20. The van der Waals surface area contributed by atoms with E-state index in [-0.39, 0.29) is 0 Å². The Morgan fingerprint density at radius 1 is 1.27 bits per heavy atom. The van der Waals surface area contributed by atoms with Crippen LogP contribution in [-0.2, 0) is 5.88 Å². The van der Waals surface area contributed by atoms with Gasteiger partial charge in [0.15, 0.2) is 0 Å². The second-order valence-corrected chi connectivity index (χ2v) is 4.59. The van der Waals surface area contributed by atoms with Gasteiger partial charge in [-0.25, -0.2) is 9.97 Å². The third kappa shape index (κ3) is 2.69. The highest BCUT2D eigenvalue weighted by Crippen LogP contribution is 2.30. The van der Waals surface area contributed by atoms with Gasteiger partial charge in [0.05, 0.1) is 11.6 Å². The minimum Gasteiger partial charge on any atom is -0.238 e. The van der Waals surface area contributed by atoms with Crippen LogP contribution in [0, 0.1) is 6.92 Å². The smallest absolute Gasteiger partial charge is 0.131 e. The van der Waals surface area contributed by atoms with Crippen LogP contribution >= 0.6 is 11.6 Å². The number of rotatable bonds is 2. The molecule has 15 heavy (non-hydrogen) atoms. The molecule has 82 valence electrons. The van der Waals surface area contributed by atoms with Crippen molar-refractivity contribution in [3.63, 3.8) is 0 Å². The number of aromatic nitrogens is 2. The zero-order valence-corrected chi connectivity index (χ0v) is 9.93. The van der Waals surface area contributed by atoms with E-state index in [1.54, 1.807) is 0 Å². The molecule has 0 unspecified atom stereocenters. The van der Waals surface area contributed by atoms with Gasteiger partial charge < -0.3 is 0 Å². The molecule has 3 heteroatoms. The van der Waals surface area contributed by atoms with Crippen molar-refractivity contribution >= 4 is 11.6 Å². The van der Waals surface area contributed by atoms with Gasteiger partial charge in [0.1, 0.15) is 5.82 Å². The molecule has 0 saturated heterocycles. The molecule has 0 N–H and O–H groups in total. The van der Waals surface area contributed by atoms with E-state index < -0.39 is 0 Å². The van der Waals surface area contributed by atoms with Crippen LogP contribution in [0.2, 0.25) is 0 Å². The highest BCUT2D eigenvalue weighted by atomic mass is 35.5. The van der Waals surface area contributed by atoms with Crippen molar-refractivity contribution in [3.8, 4) is 0 Å². The van der Waals surface area contributed by atoms with Gasteiger partial charge in [-0.3, -0.25) is 0 Å². The largest absolute Gasteiger partial charge is 0.238 e. The predicted octanol–water partition coefficient (Wildman–Crippen LogP) is 3.57. The van der Waals surface area contributed by atoms with Gasteiger partial charge in [-0.05, 0) is 25.8 Å². The molecule has 1 saturated carbocycles. The third-order valence-corrected chi connectivity index (χ3v) is 3.31. The van der Waals surface area contributed by atoms with E-state index in [1.165, 1.54) is 32.1 Å². The number of hydrogen-bond acceptors (Lipinski definition) is 2. The zero-order chi connectivity index (χ0) is 10.7. The Morgan fingerprint density at radius 3 is 2.67 bits per heavy atom. The summed E-state index contributed by atoms with van der Waals surface area (Å²) in [6.45, 7) is 2.02. The first-order valence-electron chi connectivity index (χ1n) is 5.70. The standard InChI is InChI=1S/C12H17ClN2/c1-9-7-11(8-13)15-12(14-9)10-5-3-2-4-6-10/h7,10H,2-6,8H2,1H3. The molecule has 1 aliphatic rings. The first-order valence-corrected chi connectivity index (χ1v) is 6.23. The van der Waals surface area contributed by atoms with E-state index in [2.05, 4.69) is 9.97 Å². The van der Waals surface area contributed by atoms with Crippen LogP contribution in [-0.4, -0.2) is 9.97 Å². The van der Waals surface area contributed by atoms with E-state index in [1.807, 2.05) is 13.0 Å². The molecular formula is C12H17ClN2. The second-order valence-electron chi connectivity index (χ2n) is 4.33. The fourth-order valence-corrected chi connectivity index (χ4v) is 2.41. The van der Waals surface area contributed by atoms with Crippen LogP contribution in [0.25, 0.3) is 0 Å². The number of halogens is 1. The quantitative estimate of drug-likeness (QED) is 0.718. The van der Waals surface area contributed by atoms with Gasteiger partial charge in [-0.15, -0.1) is 11.6 Å². The fourth-order valence-electron chi connectivity index (χ4n) is 2.27. The maximum atomic E-state index is 5.82. The van der Waals surface area contributed by atoms with Crippen molar-refractivity contribution in [3.05, 3.63) is 23.3 Å². The van der Waals surface area contributed by atoms with Gasteiger partial charge in [-0.1, -0.05) is 19.3 Å². The summed E-state index contributed by atoms with van der Waals surface area (Å²) in [5.41, 5.74) is 2.01. The normalized spacial score (nSPS) is 18.0.